The van der Waals surface area contributed by atoms with Crippen molar-refractivity contribution >= 4 is 17.6 Å². The molecule has 0 aliphatic rings. The average molecular weight is 389 g/mol. The van der Waals surface area contributed by atoms with Crippen LogP contribution in [0.3, 0.4) is 0 Å². The zero-order chi connectivity index (χ0) is 19.4. The molecule has 0 fully saturated rings. The van der Waals surface area contributed by atoms with Gasteiger partial charge in [0, 0.05) is 6.42 Å². The maximum atomic E-state index is 12.5. The van der Waals surface area contributed by atoms with Crippen LogP contribution < -0.4 is 0 Å². The van der Waals surface area contributed by atoms with E-state index in [1.165, 1.54) is 5.56 Å². The van der Waals surface area contributed by atoms with Crippen molar-refractivity contribution in [2.24, 2.45) is 0 Å². The van der Waals surface area contributed by atoms with Crippen LogP contribution >= 0.6 is 11.6 Å². The van der Waals surface area contributed by atoms with Gasteiger partial charge in [0.25, 0.3) is 5.89 Å². The minimum atomic E-state index is -0.567. The summed E-state index contributed by atoms with van der Waals surface area (Å²) in [6.45, 7) is 6.14. The van der Waals surface area contributed by atoms with Gasteiger partial charge in [-0.1, -0.05) is 53.5 Å². The van der Waals surface area contributed by atoms with Gasteiger partial charge in [-0.05, 0) is 25.8 Å². The van der Waals surface area contributed by atoms with E-state index in [0.717, 1.165) is 12.0 Å². The number of hydrogen-bond acceptors (Lipinski definition) is 6. The highest BCUT2D eigenvalue weighted by atomic mass is 35.5. The number of aryl methyl sites for hydroxylation is 3. The maximum Gasteiger partial charge on any atom is 0.343 e. The molecule has 0 aliphatic carbocycles. The summed E-state index contributed by atoms with van der Waals surface area (Å²) in [6.07, 6.45) is 1.63. The summed E-state index contributed by atoms with van der Waals surface area (Å²) in [5.41, 5.74) is 2.97. The van der Waals surface area contributed by atoms with E-state index in [0.29, 0.717) is 24.5 Å². The average Bonchev–Trinajstić information content (AvgIpc) is 3.20. The molecule has 0 N–H and O–H groups in total. The number of hydrogen-bond donors (Lipinski definition) is 0. The fourth-order valence-electron chi connectivity index (χ4n) is 2.63. The lowest BCUT2D eigenvalue weighted by Gasteiger charge is -2.05. The van der Waals surface area contributed by atoms with Crippen molar-refractivity contribution in [3.63, 3.8) is 0 Å². The maximum absolute atomic E-state index is 12.5. The van der Waals surface area contributed by atoms with Crippen LogP contribution in [0.5, 0.6) is 0 Å². The van der Waals surface area contributed by atoms with Crippen LogP contribution in [-0.2, 0) is 24.3 Å². The number of aromatic nitrogens is 4. The Balaban J connectivity index is 1.69. The van der Waals surface area contributed by atoms with E-state index in [9.17, 15) is 4.79 Å². The summed E-state index contributed by atoms with van der Waals surface area (Å²) in [6, 6.07) is 8.05. The zero-order valence-electron chi connectivity index (χ0n) is 15.5. The third-order valence-corrected chi connectivity index (χ3v) is 4.42. The van der Waals surface area contributed by atoms with Crippen LogP contribution in [0.15, 0.2) is 28.8 Å². The Morgan fingerprint density at radius 1 is 1.26 bits per heavy atom. The third-order valence-electron chi connectivity index (χ3n) is 4.03. The molecule has 27 heavy (non-hydrogen) atoms. The topological polar surface area (TPSA) is 83.0 Å². The van der Waals surface area contributed by atoms with Crippen LogP contribution in [0.1, 0.15) is 52.2 Å². The standard InChI is InChI=1S/C19H21ClN4O3/c1-4-5-15-21-16(27-23-15)11-26-19(25)17-13(3)22-24(18(17)20)10-14-8-6-12(2)7-9-14/h6-9H,4-5,10-11H2,1-3H3. The monoisotopic (exact) mass is 388 g/mol. The highest BCUT2D eigenvalue weighted by Gasteiger charge is 2.22. The Labute approximate surface area is 162 Å². The lowest BCUT2D eigenvalue weighted by Crippen LogP contribution is -2.07. The molecule has 0 bridgehead atoms. The fraction of sp³-hybridized carbons (Fsp3) is 0.368. The van der Waals surface area contributed by atoms with Crippen molar-refractivity contribution in [3.8, 4) is 0 Å². The van der Waals surface area contributed by atoms with E-state index in [2.05, 4.69) is 15.2 Å². The van der Waals surface area contributed by atoms with Gasteiger partial charge >= 0.3 is 5.97 Å². The summed E-state index contributed by atoms with van der Waals surface area (Å²) in [5.74, 6) is 0.291. The van der Waals surface area contributed by atoms with E-state index >= 15 is 0 Å². The first-order chi connectivity index (χ1) is 13.0. The van der Waals surface area contributed by atoms with Gasteiger partial charge in [0.15, 0.2) is 12.4 Å². The first-order valence-corrected chi connectivity index (χ1v) is 9.12. The molecule has 3 rings (SSSR count). The predicted molar refractivity (Wildman–Crippen MR) is 99.7 cm³/mol. The number of carbonyl (C=O) groups is 1. The van der Waals surface area contributed by atoms with E-state index < -0.39 is 5.97 Å². The van der Waals surface area contributed by atoms with Crippen molar-refractivity contribution in [3.05, 3.63) is 63.5 Å². The molecule has 7 nitrogen and oxygen atoms in total. The number of esters is 1. The zero-order valence-corrected chi connectivity index (χ0v) is 16.3. The lowest BCUT2D eigenvalue weighted by atomic mass is 10.1. The smallest absolute Gasteiger partial charge is 0.343 e. The van der Waals surface area contributed by atoms with Gasteiger partial charge in [-0.15, -0.1) is 0 Å². The predicted octanol–water partition coefficient (Wildman–Crippen LogP) is 3.89. The number of halogens is 1. The van der Waals surface area contributed by atoms with Gasteiger partial charge in [0.1, 0.15) is 10.7 Å². The van der Waals surface area contributed by atoms with E-state index in [4.69, 9.17) is 20.9 Å². The second-order valence-corrected chi connectivity index (χ2v) is 6.68. The minimum Gasteiger partial charge on any atom is -0.452 e. The molecule has 0 saturated carbocycles. The largest absolute Gasteiger partial charge is 0.452 e. The van der Waals surface area contributed by atoms with Crippen molar-refractivity contribution in [1.29, 1.82) is 0 Å². The van der Waals surface area contributed by atoms with Crippen LogP contribution in [0.25, 0.3) is 0 Å². The van der Waals surface area contributed by atoms with Crippen molar-refractivity contribution in [1.82, 2.24) is 19.9 Å². The number of carbonyl (C=O) groups excluding carboxylic acids is 1. The van der Waals surface area contributed by atoms with E-state index in [1.807, 2.05) is 38.1 Å². The summed E-state index contributed by atoms with van der Waals surface area (Å²) in [7, 11) is 0. The normalized spacial score (nSPS) is 11.0. The molecule has 1 aromatic carbocycles. The molecule has 0 saturated heterocycles. The highest BCUT2D eigenvalue weighted by Crippen LogP contribution is 2.22. The molecule has 2 heterocycles. The van der Waals surface area contributed by atoms with Gasteiger partial charge in [0.05, 0.1) is 12.2 Å². The first-order valence-electron chi connectivity index (χ1n) is 8.75. The van der Waals surface area contributed by atoms with Gasteiger partial charge in [-0.25, -0.2) is 9.48 Å². The Morgan fingerprint density at radius 2 is 2.00 bits per heavy atom. The highest BCUT2D eigenvalue weighted by molar-refractivity contribution is 6.32. The number of benzene rings is 1. The lowest BCUT2D eigenvalue weighted by molar-refractivity contribution is 0.0429. The van der Waals surface area contributed by atoms with Gasteiger partial charge in [-0.2, -0.15) is 10.1 Å². The molecule has 142 valence electrons. The third kappa shape index (κ3) is 4.54. The summed E-state index contributed by atoms with van der Waals surface area (Å²) < 4.78 is 11.9. The van der Waals surface area contributed by atoms with Gasteiger partial charge in [0.2, 0.25) is 0 Å². The second kappa shape index (κ2) is 8.35. The number of rotatable bonds is 7. The van der Waals surface area contributed by atoms with E-state index in [1.54, 1.807) is 11.6 Å². The number of nitrogens with zero attached hydrogens (tertiary/aromatic N) is 4. The first kappa shape index (κ1) is 19.1. The van der Waals surface area contributed by atoms with Crippen molar-refractivity contribution in [2.75, 3.05) is 0 Å². The van der Waals surface area contributed by atoms with Crippen LogP contribution in [0.4, 0.5) is 0 Å². The molecule has 8 heteroatoms. The summed E-state index contributed by atoms with van der Waals surface area (Å²) in [5, 5.41) is 8.44. The number of ether oxygens (including phenoxy) is 1. The summed E-state index contributed by atoms with van der Waals surface area (Å²) in [4.78, 5) is 16.6. The van der Waals surface area contributed by atoms with Gasteiger partial charge < -0.3 is 9.26 Å². The molecule has 3 aromatic rings. The Morgan fingerprint density at radius 3 is 2.70 bits per heavy atom. The van der Waals surface area contributed by atoms with Gasteiger partial charge in [-0.3, -0.25) is 0 Å². The molecular formula is C19H21ClN4O3. The quantitative estimate of drug-likeness (QED) is 0.571. The molecule has 2 aromatic heterocycles. The second-order valence-electron chi connectivity index (χ2n) is 6.32. The summed E-state index contributed by atoms with van der Waals surface area (Å²) >= 11 is 6.38. The Kier molecular flexibility index (Phi) is 5.91. The van der Waals surface area contributed by atoms with Crippen molar-refractivity contribution < 1.29 is 14.1 Å². The van der Waals surface area contributed by atoms with Crippen LogP contribution in [0.2, 0.25) is 5.15 Å². The van der Waals surface area contributed by atoms with Crippen LogP contribution in [0, 0.1) is 13.8 Å². The van der Waals surface area contributed by atoms with E-state index in [-0.39, 0.29) is 23.2 Å². The Hall–Kier alpha value is -2.67. The molecule has 0 unspecified atom stereocenters. The molecular weight excluding hydrogens is 368 g/mol. The van der Waals surface area contributed by atoms with Crippen LogP contribution in [-0.4, -0.2) is 25.9 Å². The minimum absolute atomic E-state index is 0.103. The molecule has 0 spiro atoms. The molecule has 0 aliphatic heterocycles. The molecule has 0 amide bonds. The SMILES string of the molecule is CCCc1noc(COC(=O)c2c(C)nn(Cc3ccc(C)cc3)c2Cl)n1. The molecule has 0 radical (unpaired) electrons. The molecule has 0 atom stereocenters. The fourth-order valence-corrected chi connectivity index (χ4v) is 2.94. The Bertz CT molecular complexity index is 931. The van der Waals surface area contributed by atoms with Crippen molar-refractivity contribution in [2.45, 2.75) is 46.8 Å².